The van der Waals surface area contributed by atoms with Gasteiger partial charge < -0.3 is 15.2 Å². The molecule has 0 aromatic heterocycles. The molecule has 124 valence electrons. The van der Waals surface area contributed by atoms with E-state index >= 15 is 0 Å². The zero-order valence-corrected chi connectivity index (χ0v) is 14.6. The second kappa shape index (κ2) is 8.34. The van der Waals surface area contributed by atoms with Crippen LogP contribution in [0.1, 0.15) is 29.7 Å². The first-order valence-corrected chi connectivity index (χ1v) is 8.20. The summed E-state index contributed by atoms with van der Waals surface area (Å²) in [5.41, 5.74) is 3.38. The van der Waals surface area contributed by atoms with Gasteiger partial charge in [0.25, 0.3) is 0 Å². The smallest absolute Gasteiger partial charge is 0.122 e. The number of rotatable bonds is 7. The zero-order chi connectivity index (χ0) is 16.8. The number of aliphatic hydroxyl groups is 1. The molecule has 2 aromatic rings. The summed E-state index contributed by atoms with van der Waals surface area (Å²) in [7, 11) is 0. The molecule has 4 heteroatoms. The van der Waals surface area contributed by atoms with E-state index in [1.54, 1.807) is 0 Å². The van der Waals surface area contributed by atoms with Crippen LogP contribution in [0.2, 0.25) is 5.02 Å². The van der Waals surface area contributed by atoms with Crippen LogP contribution in [0.25, 0.3) is 0 Å². The first-order valence-electron chi connectivity index (χ1n) is 7.82. The maximum absolute atomic E-state index is 10.1. The molecule has 2 aromatic carbocycles. The quantitative estimate of drug-likeness (QED) is 0.803. The van der Waals surface area contributed by atoms with E-state index in [1.165, 1.54) is 5.56 Å². The van der Waals surface area contributed by atoms with E-state index in [0.717, 1.165) is 21.9 Å². The molecule has 2 unspecified atom stereocenters. The van der Waals surface area contributed by atoms with Crippen LogP contribution in [0.15, 0.2) is 42.5 Å². The Bertz CT molecular complexity index is 645. The van der Waals surface area contributed by atoms with Gasteiger partial charge in [-0.2, -0.15) is 0 Å². The van der Waals surface area contributed by atoms with Crippen LogP contribution in [0.3, 0.4) is 0 Å². The highest BCUT2D eigenvalue weighted by molar-refractivity contribution is 6.30. The molecule has 3 nitrogen and oxygen atoms in total. The molecule has 0 radical (unpaired) electrons. The monoisotopic (exact) mass is 333 g/mol. The third kappa shape index (κ3) is 5.54. The van der Waals surface area contributed by atoms with Crippen LogP contribution in [0, 0.1) is 13.8 Å². The molecule has 23 heavy (non-hydrogen) atoms. The highest BCUT2D eigenvalue weighted by atomic mass is 35.5. The molecule has 2 N–H and O–H groups in total. The number of ether oxygens (including phenoxy) is 1. The Hall–Kier alpha value is -1.55. The maximum Gasteiger partial charge on any atom is 0.122 e. The fraction of sp³-hybridized carbons (Fsp3) is 0.368. The van der Waals surface area contributed by atoms with E-state index in [1.807, 2.05) is 57.2 Å². The van der Waals surface area contributed by atoms with Crippen molar-refractivity contribution in [3.8, 4) is 5.75 Å². The molecule has 2 atom stereocenters. The minimum atomic E-state index is -0.572. The van der Waals surface area contributed by atoms with E-state index in [0.29, 0.717) is 6.54 Å². The molecule has 0 spiro atoms. The Morgan fingerprint density at radius 1 is 1.17 bits per heavy atom. The minimum absolute atomic E-state index is 0.115. The molecule has 0 amide bonds. The third-order valence-corrected chi connectivity index (χ3v) is 4.01. The van der Waals surface area contributed by atoms with E-state index in [9.17, 15) is 5.11 Å². The SMILES string of the molecule is Cc1ccc(OCC(O)CNC(C)c2cccc(Cl)c2)c(C)c1. The Morgan fingerprint density at radius 2 is 1.96 bits per heavy atom. The molecule has 0 heterocycles. The van der Waals surface area contributed by atoms with Gasteiger partial charge in [0.05, 0.1) is 0 Å². The van der Waals surface area contributed by atoms with Gasteiger partial charge in [0, 0.05) is 17.6 Å². The zero-order valence-electron chi connectivity index (χ0n) is 13.8. The molecule has 2 rings (SSSR count). The van der Waals surface area contributed by atoms with Crippen molar-refractivity contribution in [3.05, 3.63) is 64.2 Å². The lowest BCUT2D eigenvalue weighted by Gasteiger charge is -2.18. The lowest BCUT2D eigenvalue weighted by atomic mass is 10.1. The summed E-state index contributed by atoms with van der Waals surface area (Å²) in [6.45, 7) is 6.82. The Labute approximate surface area is 143 Å². The molecule has 0 saturated heterocycles. The number of aliphatic hydroxyl groups excluding tert-OH is 1. The van der Waals surface area contributed by atoms with E-state index < -0.39 is 6.10 Å². The highest BCUT2D eigenvalue weighted by Crippen LogP contribution is 2.19. The molecule has 0 saturated carbocycles. The van der Waals surface area contributed by atoms with Crippen molar-refractivity contribution in [2.24, 2.45) is 0 Å². The number of nitrogens with one attached hydrogen (secondary N) is 1. The highest BCUT2D eigenvalue weighted by Gasteiger charge is 2.10. The number of aryl methyl sites for hydroxylation is 2. The summed E-state index contributed by atoms with van der Waals surface area (Å²) in [6.07, 6.45) is -0.572. The molecule has 0 aliphatic heterocycles. The Balaban J connectivity index is 1.79. The van der Waals surface area contributed by atoms with E-state index in [2.05, 4.69) is 11.4 Å². The van der Waals surface area contributed by atoms with Gasteiger partial charge in [-0.15, -0.1) is 0 Å². The Morgan fingerprint density at radius 3 is 2.65 bits per heavy atom. The molecular formula is C19H24ClNO2. The number of benzene rings is 2. The van der Waals surface area contributed by atoms with Crippen LogP contribution in [0.4, 0.5) is 0 Å². The molecule has 0 bridgehead atoms. The average Bonchev–Trinajstić information content (AvgIpc) is 2.51. The van der Waals surface area contributed by atoms with Crippen molar-refractivity contribution < 1.29 is 9.84 Å². The van der Waals surface area contributed by atoms with Gasteiger partial charge in [-0.25, -0.2) is 0 Å². The second-order valence-electron chi connectivity index (χ2n) is 5.92. The van der Waals surface area contributed by atoms with Crippen LogP contribution in [-0.4, -0.2) is 24.4 Å². The van der Waals surface area contributed by atoms with Crippen molar-refractivity contribution >= 4 is 11.6 Å². The lowest BCUT2D eigenvalue weighted by Crippen LogP contribution is -2.33. The third-order valence-electron chi connectivity index (χ3n) is 3.77. The van der Waals surface area contributed by atoms with Crippen molar-refractivity contribution in [3.63, 3.8) is 0 Å². The molecule has 0 fully saturated rings. The largest absolute Gasteiger partial charge is 0.491 e. The van der Waals surface area contributed by atoms with Crippen LogP contribution < -0.4 is 10.1 Å². The topological polar surface area (TPSA) is 41.5 Å². The van der Waals surface area contributed by atoms with Crippen molar-refractivity contribution in [2.75, 3.05) is 13.2 Å². The summed E-state index contributed by atoms with van der Waals surface area (Å²) < 4.78 is 5.70. The lowest BCUT2D eigenvalue weighted by molar-refractivity contribution is 0.104. The van der Waals surface area contributed by atoms with Crippen molar-refractivity contribution in [2.45, 2.75) is 32.9 Å². The van der Waals surface area contributed by atoms with Gasteiger partial charge in [-0.1, -0.05) is 41.4 Å². The summed E-state index contributed by atoms with van der Waals surface area (Å²) >= 11 is 6.00. The van der Waals surface area contributed by atoms with Crippen molar-refractivity contribution in [1.82, 2.24) is 5.32 Å². The van der Waals surface area contributed by atoms with Gasteiger partial charge in [-0.3, -0.25) is 0 Å². The Kier molecular flexibility index (Phi) is 6.46. The summed E-state index contributed by atoms with van der Waals surface area (Å²) in [4.78, 5) is 0. The van der Waals surface area contributed by atoms with Crippen LogP contribution >= 0.6 is 11.6 Å². The van der Waals surface area contributed by atoms with E-state index in [-0.39, 0.29) is 12.6 Å². The fourth-order valence-electron chi connectivity index (χ4n) is 2.41. The van der Waals surface area contributed by atoms with Crippen LogP contribution in [0.5, 0.6) is 5.75 Å². The average molecular weight is 334 g/mol. The van der Waals surface area contributed by atoms with E-state index in [4.69, 9.17) is 16.3 Å². The molecule has 0 aliphatic carbocycles. The first kappa shape index (κ1) is 17.8. The van der Waals surface area contributed by atoms with Gasteiger partial charge >= 0.3 is 0 Å². The maximum atomic E-state index is 10.1. The van der Waals surface area contributed by atoms with Gasteiger partial charge in [0.1, 0.15) is 18.5 Å². The normalized spacial score (nSPS) is 13.6. The minimum Gasteiger partial charge on any atom is -0.491 e. The first-order chi connectivity index (χ1) is 11.0. The summed E-state index contributed by atoms with van der Waals surface area (Å²) in [6, 6.07) is 13.9. The van der Waals surface area contributed by atoms with Gasteiger partial charge in [0.2, 0.25) is 0 Å². The number of halogens is 1. The predicted molar refractivity (Wildman–Crippen MR) is 95.3 cm³/mol. The predicted octanol–water partition coefficient (Wildman–Crippen LogP) is 4.05. The standard InChI is InChI=1S/C19H24ClNO2/c1-13-7-8-19(14(2)9-13)23-12-18(22)11-21-15(3)16-5-4-6-17(20)10-16/h4-10,15,18,21-22H,11-12H2,1-3H3. The molecular weight excluding hydrogens is 310 g/mol. The van der Waals surface area contributed by atoms with Crippen molar-refractivity contribution in [1.29, 1.82) is 0 Å². The van der Waals surface area contributed by atoms with Gasteiger partial charge in [-0.05, 0) is 50.1 Å². The van der Waals surface area contributed by atoms with Crippen LogP contribution in [-0.2, 0) is 0 Å². The number of hydrogen-bond acceptors (Lipinski definition) is 3. The number of hydrogen-bond donors (Lipinski definition) is 2. The summed E-state index contributed by atoms with van der Waals surface area (Å²) in [5.74, 6) is 0.817. The fourth-order valence-corrected chi connectivity index (χ4v) is 2.61. The molecule has 0 aliphatic rings. The summed E-state index contributed by atoms with van der Waals surface area (Å²) in [5, 5.41) is 14.1. The second-order valence-corrected chi connectivity index (χ2v) is 6.36. The van der Waals surface area contributed by atoms with Gasteiger partial charge in [0.15, 0.2) is 0 Å².